The average Bonchev–Trinajstić information content (AvgIpc) is 2.85. The summed E-state index contributed by atoms with van der Waals surface area (Å²) in [6.07, 6.45) is 1.94. The molecule has 0 saturated carbocycles. The first-order chi connectivity index (χ1) is 8.70. The van der Waals surface area contributed by atoms with Crippen molar-refractivity contribution >= 4 is 24.8 Å². The van der Waals surface area contributed by atoms with E-state index in [2.05, 4.69) is 42.8 Å². The van der Waals surface area contributed by atoms with E-state index in [0.717, 1.165) is 50.5 Å². The summed E-state index contributed by atoms with van der Waals surface area (Å²) >= 11 is 0. The Labute approximate surface area is 134 Å². The summed E-state index contributed by atoms with van der Waals surface area (Å²) in [6, 6.07) is 4.59. The minimum Gasteiger partial charge on any atom is -0.464 e. The van der Waals surface area contributed by atoms with Crippen LogP contribution in [0, 0.1) is 0 Å². The molecule has 1 saturated heterocycles. The largest absolute Gasteiger partial charge is 0.464 e. The van der Waals surface area contributed by atoms with Gasteiger partial charge >= 0.3 is 0 Å². The Morgan fingerprint density at radius 2 is 2.00 bits per heavy atom. The lowest BCUT2D eigenvalue weighted by Crippen LogP contribution is -2.45. The van der Waals surface area contributed by atoms with Gasteiger partial charge in [0.2, 0.25) is 0 Å². The lowest BCUT2D eigenvalue weighted by atomic mass is 10.0. The summed E-state index contributed by atoms with van der Waals surface area (Å²) in [5, 5.41) is 3.40. The summed E-state index contributed by atoms with van der Waals surface area (Å²) < 4.78 is 5.95. The summed E-state index contributed by atoms with van der Waals surface area (Å²) in [4.78, 5) is 2.50. The molecule has 2 heterocycles. The highest BCUT2D eigenvalue weighted by atomic mass is 35.5. The van der Waals surface area contributed by atoms with E-state index in [-0.39, 0.29) is 24.8 Å². The molecule has 1 aromatic heterocycles. The maximum atomic E-state index is 5.95. The van der Waals surface area contributed by atoms with Crippen LogP contribution < -0.4 is 5.32 Å². The maximum Gasteiger partial charge on any atom is 0.121 e. The van der Waals surface area contributed by atoms with Crippen LogP contribution in [0.2, 0.25) is 0 Å². The molecule has 0 amide bonds. The fraction of sp³-hybridized carbons (Fsp3) is 0.600. The van der Waals surface area contributed by atoms with Crippen LogP contribution in [0.5, 0.6) is 0 Å². The maximum absolute atomic E-state index is 5.95. The predicted molar refractivity (Wildman–Crippen MR) is 89.2 cm³/mol. The molecule has 1 atom stereocenters. The lowest BCUT2D eigenvalue weighted by Gasteiger charge is -2.34. The Hall–Kier alpha value is -0.480. The average molecular weight is 321 g/mol. The van der Waals surface area contributed by atoms with Crippen LogP contribution in [0.1, 0.15) is 37.8 Å². The number of rotatable bonds is 5. The SMILES string of the molecule is C=C(C)C[C@H](c1ccc(CC)o1)N1CCNCC1.Cl.Cl. The van der Waals surface area contributed by atoms with Gasteiger partial charge < -0.3 is 9.73 Å². The van der Waals surface area contributed by atoms with Crippen LogP contribution in [-0.2, 0) is 6.42 Å². The third-order valence-electron chi connectivity index (χ3n) is 3.49. The van der Waals surface area contributed by atoms with E-state index >= 15 is 0 Å². The molecule has 0 aromatic carbocycles. The van der Waals surface area contributed by atoms with Gasteiger partial charge in [-0.1, -0.05) is 12.5 Å². The van der Waals surface area contributed by atoms with Crippen molar-refractivity contribution in [2.75, 3.05) is 26.2 Å². The molecular weight excluding hydrogens is 295 g/mol. The van der Waals surface area contributed by atoms with Crippen LogP contribution >= 0.6 is 24.8 Å². The molecule has 0 spiro atoms. The molecule has 1 aliphatic rings. The minimum absolute atomic E-state index is 0. The zero-order valence-corrected chi connectivity index (χ0v) is 14.0. The number of furan rings is 1. The summed E-state index contributed by atoms with van der Waals surface area (Å²) in [5.41, 5.74) is 1.22. The number of nitrogens with one attached hydrogen (secondary N) is 1. The van der Waals surface area contributed by atoms with Crippen LogP contribution in [0.25, 0.3) is 0 Å². The lowest BCUT2D eigenvalue weighted by molar-refractivity contribution is 0.152. The normalized spacial score (nSPS) is 16.9. The third-order valence-corrected chi connectivity index (χ3v) is 3.49. The van der Waals surface area contributed by atoms with E-state index in [1.807, 2.05) is 0 Å². The van der Waals surface area contributed by atoms with Crippen molar-refractivity contribution in [3.8, 4) is 0 Å². The number of piperazine rings is 1. The first kappa shape index (κ1) is 19.5. The van der Waals surface area contributed by atoms with Crippen molar-refractivity contribution in [2.24, 2.45) is 0 Å². The van der Waals surface area contributed by atoms with E-state index < -0.39 is 0 Å². The summed E-state index contributed by atoms with van der Waals surface area (Å²) in [5.74, 6) is 2.17. The van der Waals surface area contributed by atoms with Crippen LogP contribution in [0.4, 0.5) is 0 Å². The van der Waals surface area contributed by atoms with Gasteiger partial charge in [0.05, 0.1) is 6.04 Å². The van der Waals surface area contributed by atoms with Gasteiger partial charge in [0.15, 0.2) is 0 Å². The van der Waals surface area contributed by atoms with Gasteiger partial charge in [-0.05, 0) is 25.5 Å². The minimum atomic E-state index is 0. The number of aryl methyl sites for hydroxylation is 1. The quantitative estimate of drug-likeness (QED) is 0.840. The van der Waals surface area contributed by atoms with E-state index in [9.17, 15) is 0 Å². The Bertz CT molecular complexity index is 400. The van der Waals surface area contributed by atoms with Crippen LogP contribution in [0.15, 0.2) is 28.7 Å². The van der Waals surface area contributed by atoms with Crippen molar-refractivity contribution < 1.29 is 4.42 Å². The van der Waals surface area contributed by atoms with E-state index in [0.29, 0.717) is 6.04 Å². The Kier molecular flexibility index (Phi) is 9.23. The third kappa shape index (κ3) is 5.13. The fourth-order valence-electron chi connectivity index (χ4n) is 2.50. The van der Waals surface area contributed by atoms with E-state index in [1.54, 1.807) is 0 Å². The molecule has 0 bridgehead atoms. The van der Waals surface area contributed by atoms with Crippen LogP contribution in [-0.4, -0.2) is 31.1 Å². The summed E-state index contributed by atoms with van der Waals surface area (Å²) in [6.45, 7) is 12.6. The van der Waals surface area contributed by atoms with Gasteiger partial charge in [0, 0.05) is 32.6 Å². The molecule has 3 nitrogen and oxygen atoms in total. The summed E-state index contributed by atoms with van der Waals surface area (Å²) in [7, 11) is 0. The van der Waals surface area contributed by atoms with Crippen LogP contribution in [0.3, 0.4) is 0 Å². The standard InChI is InChI=1S/C15H24N2O.2ClH/c1-4-13-5-6-15(18-13)14(11-12(2)3)17-9-7-16-8-10-17;;/h5-6,14,16H,2,4,7-11H2,1,3H3;2*1H/t14-;;/m1../s1. The number of halogens is 2. The molecule has 0 unspecified atom stereocenters. The van der Waals surface area contributed by atoms with Gasteiger partial charge in [0.25, 0.3) is 0 Å². The highest BCUT2D eigenvalue weighted by Crippen LogP contribution is 2.29. The van der Waals surface area contributed by atoms with Gasteiger partial charge in [-0.2, -0.15) is 0 Å². The molecule has 20 heavy (non-hydrogen) atoms. The molecule has 1 aromatic rings. The Morgan fingerprint density at radius 1 is 1.35 bits per heavy atom. The van der Waals surface area contributed by atoms with Crippen molar-refractivity contribution in [1.82, 2.24) is 10.2 Å². The highest BCUT2D eigenvalue weighted by molar-refractivity contribution is 5.85. The van der Waals surface area contributed by atoms with E-state index in [1.165, 1.54) is 5.57 Å². The predicted octanol–water partition coefficient (Wildman–Crippen LogP) is 3.60. The van der Waals surface area contributed by atoms with Gasteiger partial charge in [-0.15, -0.1) is 31.4 Å². The first-order valence-corrected chi connectivity index (χ1v) is 6.88. The monoisotopic (exact) mass is 320 g/mol. The molecule has 1 fully saturated rings. The molecular formula is C15H26Cl2N2O. The zero-order chi connectivity index (χ0) is 13.0. The smallest absolute Gasteiger partial charge is 0.121 e. The van der Waals surface area contributed by atoms with Gasteiger partial charge in [0.1, 0.15) is 11.5 Å². The van der Waals surface area contributed by atoms with Crippen molar-refractivity contribution in [3.05, 3.63) is 35.8 Å². The van der Waals surface area contributed by atoms with Gasteiger partial charge in [-0.3, -0.25) is 4.90 Å². The second-order valence-corrected chi connectivity index (χ2v) is 5.12. The first-order valence-electron chi connectivity index (χ1n) is 6.88. The topological polar surface area (TPSA) is 28.4 Å². The van der Waals surface area contributed by atoms with Crippen molar-refractivity contribution in [2.45, 2.75) is 32.7 Å². The number of nitrogens with zero attached hydrogens (tertiary/aromatic N) is 1. The Balaban J connectivity index is 0.00000180. The fourth-order valence-corrected chi connectivity index (χ4v) is 2.50. The molecule has 0 aliphatic carbocycles. The number of hydrogen-bond acceptors (Lipinski definition) is 3. The van der Waals surface area contributed by atoms with Crippen molar-refractivity contribution in [3.63, 3.8) is 0 Å². The molecule has 1 N–H and O–H groups in total. The highest BCUT2D eigenvalue weighted by Gasteiger charge is 2.24. The Morgan fingerprint density at radius 3 is 2.50 bits per heavy atom. The molecule has 2 rings (SSSR count). The molecule has 116 valence electrons. The van der Waals surface area contributed by atoms with E-state index in [4.69, 9.17) is 4.42 Å². The zero-order valence-electron chi connectivity index (χ0n) is 12.4. The second kappa shape index (κ2) is 9.46. The second-order valence-electron chi connectivity index (χ2n) is 5.12. The number of hydrogen-bond donors (Lipinski definition) is 1. The molecule has 5 heteroatoms. The molecule has 0 radical (unpaired) electrons. The molecule has 1 aliphatic heterocycles. The van der Waals surface area contributed by atoms with Crippen molar-refractivity contribution in [1.29, 1.82) is 0 Å². The van der Waals surface area contributed by atoms with Gasteiger partial charge in [-0.25, -0.2) is 0 Å².